The summed E-state index contributed by atoms with van der Waals surface area (Å²) in [5, 5.41) is 0. The third-order valence-electron chi connectivity index (χ3n) is 4.68. The summed E-state index contributed by atoms with van der Waals surface area (Å²) in [5.41, 5.74) is 0.342. The average Bonchev–Trinajstić information content (AvgIpc) is 2.29. The zero-order valence-electron chi connectivity index (χ0n) is 11.5. The highest BCUT2D eigenvalue weighted by atomic mass is 16.5. The van der Waals surface area contributed by atoms with Gasteiger partial charge in [0.05, 0.1) is 6.61 Å². The third kappa shape index (κ3) is 3.09. The normalized spacial score (nSPS) is 35.9. The molecule has 1 aliphatic carbocycles. The molecule has 0 aromatic rings. The highest BCUT2D eigenvalue weighted by molar-refractivity contribution is 5.82. The van der Waals surface area contributed by atoms with Crippen molar-refractivity contribution in [2.45, 2.75) is 52.9 Å². The van der Waals surface area contributed by atoms with Crippen LogP contribution in [0.2, 0.25) is 0 Å². The van der Waals surface area contributed by atoms with Gasteiger partial charge in [0.25, 0.3) is 0 Å². The van der Waals surface area contributed by atoms with E-state index in [4.69, 9.17) is 4.74 Å². The standard InChI is InChI=1S/C15H26O2/c1-15(2,3)12-6-7-14(16)13(9-12)11-5-4-8-17-10-11/h11-13H,4-10H2,1-3H3. The molecule has 2 fully saturated rings. The van der Waals surface area contributed by atoms with Gasteiger partial charge in [-0.15, -0.1) is 0 Å². The Bertz CT molecular complexity index is 271. The first-order valence-electron chi connectivity index (χ1n) is 7.09. The molecule has 0 radical (unpaired) electrons. The number of carbonyl (C=O) groups excluding carboxylic acids is 1. The summed E-state index contributed by atoms with van der Waals surface area (Å²) in [6, 6.07) is 0. The number of hydrogen-bond acceptors (Lipinski definition) is 2. The quantitative estimate of drug-likeness (QED) is 0.699. The second kappa shape index (κ2) is 5.09. The summed E-state index contributed by atoms with van der Waals surface area (Å²) in [7, 11) is 0. The summed E-state index contributed by atoms with van der Waals surface area (Å²) in [5.74, 6) is 1.99. The fourth-order valence-electron chi connectivity index (χ4n) is 3.38. The van der Waals surface area contributed by atoms with E-state index in [1.54, 1.807) is 0 Å². The summed E-state index contributed by atoms with van der Waals surface area (Å²) < 4.78 is 5.55. The number of ether oxygens (including phenoxy) is 1. The zero-order chi connectivity index (χ0) is 12.5. The van der Waals surface area contributed by atoms with Crippen molar-refractivity contribution in [1.29, 1.82) is 0 Å². The van der Waals surface area contributed by atoms with Crippen LogP contribution in [0.15, 0.2) is 0 Å². The van der Waals surface area contributed by atoms with E-state index in [1.807, 2.05) is 0 Å². The van der Waals surface area contributed by atoms with Gasteiger partial charge in [0, 0.05) is 18.9 Å². The van der Waals surface area contributed by atoms with Crippen molar-refractivity contribution in [3.8, 4) is 0 Å². The Hall–Kier alpha value is -0.370. The van der Waals surface area contributed by atoms with Crippen molar-refractivity contribution in [2.75, 3.05) is 13.2 Å². The van der Waals surface area contributed by atoms with Crippen molar-refractivity contribution in [3.63, 3.8) is 0 Å². The molecule has 1 heterocycles. The van der Waals surface area contributed by atoms with Gasteiger partial charge in [-0.05, 0) is 42.9 Å². The molecular weight excluding hydrogens is 212 g/mol. The molecule has 1 saturated heterocycles. The number of ketones is 1. The lowest BCUT2D eigenvalue weighted by molar-refractivity contribution is -0.131. The van der Waals surface area contributed by atoms with E-state index >= 15 is 0 Å². The van der Waals surface area contributed by atoms with Crippen LogP contribution in [0.4, 0.5) is 0 Å². The van der Waals surface area contributed by atoms with Gasteiger partial charge in [0.15, 0.2) is 0 Å². The Labute approximate surface area is 105 Å². The molecule has 3 unspecified atom stereocenters. The van der Waals surface area contributed by atoms with Gasteiger partial charge in [-0.3, -0.25) is 4.79 Å². The fraction of sp³-hybridized carbons (Fsp3) is 0.933. The predicted octanol–water partition coefficient (Wildman–Crippen LogP) is 3.44. The number of Topliss-reactive ketones (excluding diaryl/α,β-unsaturated/α-hetero) is 1. The molecular formula is C15H26O2. The van der Waals surface area contributed by atoms with Crippen molar-refractivity contribution in [3.05, 3.63) is 0 Å². The lowest BCUT2D eigenvalue weighted by Gasteiger charge is -2.40. The monoisotopic (exact) mass is 238 g/mol. The molecule has 0 amide bonds. The van der Waals surface area contributed by atoms with Crippen LogP contribution >= 0.6 is 0 Å². The SMILES string of the molecule is CC(C)(C)C1CCC(=O)C(C2CCCOC2)C1. The highest BCUT2D eigenvalue weighted by Crippen LogP contribution is 2.42. The molecule has 2 rings (SSSR count). The summed E-state index contributed by atoms with van der Waals surface area (Å²) >= 11 is 0. The Morgan fingerprint density at radius 1 is 1.24 bits per heavy atom. The molecule has 98 valence electrons. The van der Waals surface area contributed by atoms with Gasteiger partial charge in [-0.1, -0.05) is 20.8 Å². The van der Waals surface area contributed by atoms with E-state index in [1.165, 1.54) is 6.42 Å². The Balaban J connectivity index is 2.01. The van der Waals surface area contributed by atoms with Crippen LogP contribution in [0, 0.1) is 23.2 Å². The Kier molecular flexibility index (Phi) is 3.92. The van der Waals surface area contributed by atoms with Gasteiger partial charge in [-0.25, -0.2) is 0 Å². The first kappa shape index (κ1) is 13.1. The van der Waals surface area contributed by atoms with Crippen molar-refractivity contribution in [2.24, 2.45) is 23.2 Å². The van der Waals surface area contributed by atoms with Crippen molar-refractivity contribution in [1.82, 2.24) is 0 Å². The van der Waals surface area contributed by atoms with Crippen LogP contribution in [-0.4, -0.2) is 19.0 Å². The molecule has 1 saturated carbocycles. The van der Waals surface area contributed by atoms with E-state index in [0.29, 0.717) is 23.0 Å². The van der Waals surface area contributed by atoms with Crippen LogP contribution in [0.3, 0.4) is 0 Å². The minimum absolute atomic E-state index is 0.285. The van der Waals surface area contributed by atoms with Crippen LogP contribution in [0.5, 0.6) is 0 Å². The summed E-state index contributed by atoms with van der Waals surface area (Å²) in [6.45, 7) is 8.62. The molecule has 2 nitrogen and oxygen atoms in total. The van der Waals surface area contributed by atoms with E-state index in [2.05, 4.69) is 20.8 Å². The van der Waals surface area contributed by atoms with Crippen molar-refractivity contribution >= 4 is 5.78 Å². The van der Waals surface area contributed by atoms with E-state index in [-0.39, 0.29) is 5.92 Å². The second-order valence-electron chi connectivity index (χ2n) is 6.89. The lowest BCUT2D eigenvalue weighted by atomic mass is 9.65. The summed E-state index contributed by atoms with van der Waals surface area (Å²) in [6.07, 6.45) is 5.30. The Morgan fingerprint density at radius 2 is 2.00 bits per heavy atom. The van der Waals surface area contributed by atoms with Crippen molar-refractivity contribution < 1.29 is 9.53 Å². The molecule has 0 aromatic heterocycles. The maximum absolute atomic E-state index is 12.1. The van der Waals surface area contributed by atoms with Crippen LogP contribution in [0.25, 0.3) is 0 Å². The molecule has 17 heavy (non-hydrogen) atoms. The maximum Gasteiger partial charge on any atom is 0.136 e. The average molecular weight is 238 g/mol. The number of rotatable bonds is 1. The molecule has 2 aliphatic rings. The van der Waals surface area contributed by atoms with Crippen LogP contribution in [-0.2, 0) is 9.53 Å². The molecule has 1 aliphatic heterocycles. The van der Waals surface area contributed by atoms with Gasteiger partial charge in [-0.2, -0.15) is 0 Å². The van der Waals surface area contributed by atoms with E-state index in [9.17, 15) is 4.79 Å². The molecule has 0 aromatic carbocycles. The first-order chi connectivity index (χ1) is 7.98. The fourth-order valence-corrected chi connectivity index (χ4v) is 3.38. The number of hydrogen-bond donors (Lipinski definition) is 0. The maximum atomic E-state index is 12.1. The topological polar surface area (TPSA) is 26.3 Å². The van der Waals surface area contributed by atoms with E-state index in [0.717, 1.165) is 38.9 Å². The van der Waals surface area contributed by atoms with Gasteiger partial charge >= 0.3 is 0 Å². The van der Waals surface area contributed by atoms with Gasteiger partial charge < -0.3 is 4.74 Å². The first-order valence-corrected chi connectivity index (χ1v) is 7.09. The molecule has 0 N–H and O–H groups in total. The highest BCUT2D eigenvalue weighted by Gasteiger charge is 2.38. The molecule has 0 bridgehead atoms. The number of carbonyl (C=O) groups is 1. The molecule has 3 atom stereocenters. The minimum Gasteiger partial charge on any atom is -0.381 e. The summed E-state index contributed by atoms with van der Waals surface area (Å²) in [4.78, 5) is 12.1. The molecule has 0 spiro atoms. The van der Waals surface area contributed by atoms with E-state index < -0.39 is 0 Å². The second-order valence-corrected chi connectivity index (χ2v) is 6.89. The smallest absolute Gasteiger partial charge is 0.136 e. The third-order valence-corrected chi connectivity index (χ3v) is 4.68. The predicted molar refractivity (Wildman–Crippen MR) is 68.8 cm³/mol. The van der Waals surface area contributed by atoms with Gasteiger partial charge in [0.1, 0.15) is 5.78 Å². The lowest BCUT2D eigenvalue weighted by Crippen LogP contribution is -2.38. The largest absolute Gasteiger partial charge is 0.381 e. The Morgan fingerprint density at radius 3 is 2.59 bits per heavy atom. The van der Waals surface area contributed by atoms with Crippen LogP contribution < -0.4 is 0 Å². The van der Waals surface area contributed by atoms with Crippen LogP contribution in [0.1, 0.15) is 52.9 Å². The molecule has 2 heteroatoms. The van der Waals surface area contributed by atoms with Gasteiger partial charge in [0.2, 0.25) is 0 Å². The zero-order valence-corrected chi connectivity index (χ0v) is 11.5. The minimum atomic E-state index is 0.285.